The first-order valence-corrected chi connectivity index (χ1v) is 7.08. The van der Waals surface area contributed by atoms with Crippen molar-refractivity contribution in [3.05, 3.63) is 42.1 Å². The Morgan fingerprint density at radius 2 is 2.00 bits per heavy atom. The second kappa shape index (κ2) is 7.04. The number of carbonyl (C=O) groups is 1. The Labute approximate surface area is 124 Å². The van der Waals surface area contributed by atoms with Crippen LogP contribution in [0.25, 0.3) is 11.3 Å². The molecule has 1 aromatic carbocycles. The van der Waals surface area contributed by atoms with Crippen LogP contribution >= 0.6 is 0 Å². The predicted octanol–water partition coefficient (Wildman–Crippen LogP) is 2.51. The van der Waals surface area contributed by atoms with Crippen LogP contribution in [0.5, 0.6) is 0 Å². The highest BCUT2D eigenvalue weighted by Gasteiger charge is 2.15. The van der Waals surface area contributed by atoms with E-state index >= 15 is 0 Å². The van der Waals surface area contributed by atoms with E-state index in [2.05, 4.69) is 15.5 Å². The molecule has 1 aromatic heterocycles. The number of rotatable bonds is 6. The van der Waals surface area contributed by atoms with Crippen LogP contribution in [0.4, 0.5) is 0 Å². The van der Waals surface area contributed by atoms with Crippen LogP contribution in [-0.2, 0) is 16.1 Å². The average Bonchev–Trinajstić information content (AvgIpc) is 2.93. The van der Waals surface area contributed by atoms with Crippen molar-refractivity contribution >= 4 is 5.91 Å². The molecule has 0 aliphatic carbocycles. The van der Waals surface area contributed by atoms with E-state index in [4.69, 9.17) is 4.74 Å². The summed E-state index contributed by atoms with van der Waals surface area (Å²) < 4.78 is 5.46. The monoisotopic (exact) mass is 287 g/mol. The number of ether oxygens (including phenoxy) is 1. The number of nitrogens with zero attached hydrogens (tertiary/aromatic N) is 1. The second-order valence-corrected chi connectivity index (χ2v) is 5.18. The number of hydrogen-bond donors (Lipinski definition) is 2. The smallest absolute Gasteiger partial charge is 0.249 e. The lowest BCUT2D eigenvalue weighted by Crippen LogP contribution is -2.35. The fourth-order valence-corrected chi connectivity index (χ4v) is 2.10. The number of hydrogen-bond acceptors (Lipinski definition) is 3. The Hall–Kier alpha value is -2.14. The van der Waals surface area contributed by atoms with E-state index in [1.165, 1.54) is 0 Å². The third-order valence-corrected chi connectivity index (χ3v) is 3.08. The molecular weight excluding hydrogens is 266 g/mol. The minimum absolute atomic E-state index is 0.0274. The van der Waals surface area contributed by atoms with Crippen LogP contribution < -0.4 is 5.32 Å². The number of H-pyrrole nitrogens is 1. The lowest BCUT2D eigenvalue weighted by Gasteiger charge is -2.15. The largest absolute Gasteiger partial charge is 0.366 e. The van der Waals surface area contributed by atoms with Gasteiger partial charge in [0.2, 0.25) is 5.91 Å². The van der Waals surface area contributed by atoms with Crippen molar-refractivity contribution in [1.82, 2.24) is 15.5 Å². The van der Waals surface area contributed by atoms with Gasteiger partial charge in [-0.3, -0.25) is 9.89 Å². The van der Waals surface area contributed by atoms with Crippen molar-refractivity contribution in [2.24, 2.45) is 0 Å². The zero-order chi connectivity index (χ0) is 15.2. The van der Waals surface area contributed by atoms with Crippen molar-refractivity contribution in [1.29, 1.82) is 0 Å². The first kappa shape index (κ1) is 15.3. The summed E-state index contributed by atoms with van der Waals surface area (Å²) in [5, 5.41) is 9.91. The van der Waals surface area contributed by atoms with Crippen molar-refractivity contribution in [2.45, 2.75) is 39.5 Å². The molecule has 5 heteroatoms. The predicted molar refractivity (Wildman–Crippen MR) is 81.6 cm³/mol. The van der Waals surface area contributed by atoms with Gasteiger partial charge in [-0.05, 0) is 26.3 Å². The minimum atomic E-state index is -0.461. The minimum Gasteiger partial charge on any atom is -0.366 e. The lowest BCUT2D eigenvalue weighted by atomic mass is 10.1. The summed E-state index contributed by atoms with van der Waals surface area (Å²) in [4.78, 5) is 12.0. The molecule has 0 unspecified atom stereocenters. The maximum atomic E-state index is 12.0. The molecule has 0 bridgehead atoms. The number of carbonyl (C=O) groups excluding carboxylic acids is 1. The molecule has 0 aliphatic rings. The Balaban J connectivity index is 1.99. The van der Waals surface area contributed by atoms with Gasteiger partial charge in [0.15, 0.2) is 0 Å². The first-order valence-electron chi connectivity index (χ1n) is 7.08. The summed E-state index contributed by atoms with van der Waals surface area (Å²) in [6.07, 6.45) is 1.30. The van der Waals surface area contributed by atoms with Gasteiger partial charge in [0.1, 0.15) is 6.10 Å². The summed E-state index contributed by atoms with van der Waals surface area (Å²) in [6, 6.07) is 9.91. The molecule has 5 nitrogen and oxygen atoms in total. The maximum absolute atomic E-state index is 12.0. The first-order chi connectivity index (χ1) is 10.1. The van der Waals surface area contributed by atoms with Crippen LogP contribution in [0, 0.1) is 0 Å². The molecule has 2 N–H and O–H groups in total. The molecule has 0 saturated carbocycles. The Bertz CT molecular complexity index is 578. The van der Waals surface area contributed by atoms with Crippen LogP contribution in [0.1, 0.15) is 26.3 Å². The molecule has 1 atom stereocenters. The van der Waals surface area contributed by atoms with E-state index in [9.17, 15) is 4.79 Å². The van der Waals surface area contributed by atoms with Gasteiger partial charge in [-0.25, -0.2) is 0 Å². The molecule has 112 valence electrons. The van der Waals surface area contributed by atoms with E-state index < -0.39 is 6.10 Å². The highest BCUT2D eigenvalue weighted by molar-refractivity contribution is 5.80. The summed E-state index contributed by atoms with van der Waals surface area (Å²) in [7, 11) is 0. The van der Waals surface area contributed by atoms with Gasteiger partial charge in [-0.1, -0.05) is 30.3 Å². The SMILES string of the molecule is CC(C)O[C@@H](C)C(=O)NCc1cn[nH]c1-c1ccccc1. The summed E-state index contributed by atoms with van der Waals surface area (Å²) >= 11 is 0. The highest BCUT2D eigenvalue weighted by Crippen LogP contribution is 2.20. The number of aromatic amines is 1. The maximum Gasteiger partial charge on any atom is 0.249 e. The zero-order valence-corrected chi connectivity index (χ0v) is 12.6. The van der Waals surface area contributed by atoms with Gasteiger partial charge in [-0.15, -0.1) is 0 Å². The topological polar surface area (TPSA) is 67.0 Å². The number of aromatic nitrogens is 2. The van der Waals surface area contributed by atoms with E-state index in [-0.39, 0.29) is 12.0 Å². The molecule has 0 aliphatic heterocycles. The number of amides is 1. The van der Waals surface area contributed by atoms with Crippen LogP contribution in [-0.4, -0.2) is 28.3 Å². The fourth-order valence-electron chi connectivity index (χ4n) is 2.10. The number of benzene rings is 1. The van der Waals surface area contributed by atoms with Crippen LogP contribution in [0.2, 0.25) is 0 Å². The lowest BCUT2D eigenvalue weighted by molar-refractivity contribution is -0.134. The van der Waals surface area contributed by atoms with Gasteiger partial charge in [-0.2, -0.15) is 5.10 Å². The molecule has 0 saturated heterocycles. The normalized spacial score (nSPS) is 12.4. The van der Waals surface area contributed by atoms with Gasteiger partial charge in [0, 0.05) is 12.1 Å². The van der Waals surface area contributed by atoms with Gasteiger partial charge in [0.25, 0.3) is 0 Å². The van der Waals surface area contributed by atoms with E-state index in [1.54, 1.807) is 13.1 Å². The van der Waals surface area contributed by atoms with Crippen LogP contribution in [0.15, 0.2) is 36.5 Å². The fraction of sp³-hybridized carbons (Fsp3) is 0.375. The summed E-state index contributed by atoms with van der Waals surface area (Å²) in [5.41, 5.74) is 2.92. The van der Waals surface area contributed by atoms with Gasteiger partial charge >= 0.3 is 0 Å². The third-order valence-electron chi connectivity index (χ3n) is 3.08. The molecular formula is C16H21N3O2. The van der Waals surface area contributed by atoms with E-state index in [1.807, 2.05) is 44.2 Å². The van der Waals surface area contributed by atoms with Crippen molar-refractivity contribution < 1.29 is 9.53 Å². The highest BCUT2D eigenvalue weighted by atomic mass is 16.5. The molecule has 2 rings (SSSR count). The third kappa shape index (κ3) is 4.16. The number of nitrogens with one attached hydrogen (secondary N) is 2. The average molecular weight is 287 g/mol. The molecule has 1 heterocycles. The Kier molecular flexibility index (Phi) is 5.11. The molecule has 2 aromatic rings. The zero-order valence-electron chi connectivity index (χ0n) is 12.6. The van der Waals surface area contributed by atoms with Crippen molar-refractivity contribution in [3.8, 4) is 11.3 Å². The molecule has 0 radical (unpaired) electrons. The summed E-state index contributed by atoms with van der Waals surface area (Å²) in [5.74, 6) is -0.121. The van der Waals surface area contributed by atoms with E-state index in [0.717, 1.165) is 16.8 Å². The standard InChI is InChI=1S/C16H21N3O2/c1-11(2)21-12(3)16(20)17-9-14-10-18-19-15(14)13-7-5-4-6-8-13/h4-8,10-12H,9H2,1-3H3,(H,17,20)(H,18,19)/t12-/m0/s1. The van der Waals surface area contributed by atoms with Crippen LogP contribution in [0.3, 0.4) is 0 Å². The second-order valence-electron chi connectivity index (χ2n) is 5.18. The Morgan fingerprint density at radius 1 is 1.29 bits per heavy atom. The summed E-state index contributed by atoms with van der Waals surface area (Å²) in [6.45, 7) is 5.99. The quantitative estimate of drug-likeness (QED) is 0.858. The van der Waals surface area contributed by atoms with Crippen molar-refractivity contribution in [2.75, 3.05) is 0 Å². The molecule has 21 heavy (non-hydrogen) atoms. The van der Waals surface area contributed by atoms with Crippen molar-refractivity contribution in [3.63, 3.8) is 0 Å². The van der Waals surface area contributed by atoms with Gasteiger partial charge < -0.3 is 10.1 Å². The molecule has 1 amide bonds. The van der Waals surface area contributed by atoms with E-state index in [0.29, 0.717) is 6.54 Å². The molecule has 0 spiro atoms. The molecule has 0 fully saturated rings. The Morgan fingerprint density at radius 3 is 2.67 bits per heavy atom. The van der Waals surface area contributed by atoms with Gasteiger partial charge in [0.05, 0.1) is 18.0 Å².